The summed E-state index contributed by atoms with van der Waals surface area (Å²) >= 11 is 0. The first-order chi connectivity index (χ1) is 8.78. The van der Waals surface area contributed by atoms with Crippen LogP contribution in [-0.4, -0.2) is 41.0 Å². The second-order valence-corrected chi connectivity index (χ2v) is 6.34. The molecule has 5 nitrogen and oxygen atoms in total. The van der Waals surface area contributed by atoms with Crippen molar-refractivity contribution in [2.75, 3.05) is 13.1 Å². The third-order valence-electron chi connectivity index (χ3n) is 4.11. The minimum absolute atomic E-state index is 0.0362. The molecule has 1 saturated heterocycles. The van der Waals surface area contributed by atoms with E-state index >= 15 is 0 Å². The lowest BCUT2D eigenvalue weighted by molar-refractivity contribution is -0.149. The lowest BCUT2D eigenvalue weighted by Crippen LogP contribution is -2.43. The Morgan fingerprint density at radius 3 is 2.53 bits per heavy atom. The number of hydrogen-bond acceptors (Lipinski definition) is 3. The Labute approximate surface area is 115 Å². The van der Waals surface area contributed by atoms with E-state index in [4.69, 9.17) is 5.73 Å². The van der Waals surface area contributed by atoms with Gasteiger partial charge in [0.1, 0.15) is 6.04 Å². The van der Waals surface area contributed by atoms with Gasteiger partial charge >= 0.3 is 5.97 Å². The van der Waals surface area contributed by atoms with Crippen LogP contribution in [0.5, 0.6) is 0 Å². The summed E-state index contributed by atoms with van der Waals surface area (Å²) in [6, 6.07) is -0.648. The number of carboxylic acid groups (broad SMARTS) is 1. The third kappa shape index (κ3) is 4.20. The number of rotatable bonds is 6. The van der Waals surface area contributed by atoms with Crippen molar-refractivity contribution in [3.63, 3.8) is 0 Å². The number of carboxylic acids is 1. The first-order valence-electron chi connectivity index (χ1n) is 7.01. The Morgan fingerprint density at radius 2 is 2.00 bits per heavy atom. The third-order valence-corrected chi connectivity index (χ3v) is 4.11. The molecule has 5 heteroatoms. The summed E-state index contributed by atoms with van der Waals surface area (Å²) in [5.74, 6) is -0.889. The molecule has 2 unspecified atom stereocenters. The van der Waals surface area contributed by atoms with Crippen molar-refractivity contribution in [1.29, 1.82) is 0 Å². The quantitative estimate of drug-likeness (QED) is 0.765. The average Bonchev–Trinajstić information content (AvgIpc) is 2.68. The van der Waals surface area contributed by atoms with Gasteiger partial charge in [0.25, 0.3) is 0 Å². The molecule has 0 aromatic heterocycles. The van der Waals surface area contributed by atoms with Gasteiger partial charge in [-0.2, -0.15) is 0 Å². The number of hydrogen-bond donors (Lipinski definition) is 2. The molecular formula is C14H26N2O3. The molecule has 0 radical (unpaired) electrons. The average molecular weight is 270 g/mol. The molecule has 1 aliphatic rings. The first-order valence-corrected chi connectivity index (χ1v) is 7.01. The molecule has 0 spiro atoms. The molecule has 19 heavy (non-hydrogen) atoms. The van der Waals surface area contributed by atoms with Crippen LogP contribution in [0.4, 0.5) is 0 Å². The lowest BCUT2D eigenvalue weighted by Gasteiger charge is -2.27. The van der Waals surface area contributed by atoms with Crippen LogP contribution in [0.2, 0.25) is 0 Å². The highest BCUT2D eigenvalue weighted by atomic mass is 16.4. The molecular weight excluding hydrogens is 244 g/mol. The molecule has 1 aliphatic heterocycles. The summed E-state index contributed by atoms with van der Waals surface area (Å²) in [4.78, 5) is 24.9. The van der Waals surface area contributed by atoms with Gasteiger partial charge in [0.05, 0.1) is 0 Å². The normalized spacial score (nSPS) is 23.7. The highest BCUT2D eigenvalue weighted by Gasteiger charge is 2.39. The molecule has 110 valence electrons. The predicted octanol–water partition coefficient (Wildman–Crippen LogP) is 1.46. The molecule has 0 aliphatic carbocycles. The highest BCUT2D eigenvalue weighted by molar-refractivity contribution is 5.84. The minimum atomic E-state index is -0.889. The van der Waals surface area contributed by atoms with E-state index in [2.05, 4.69) is 13.8 Å². The van der Waals surface area contributed by atoms with E-state index in [1.54, 1.807) is 0 Å². The molecule has 2 atom stereocenters. The number of nitrogens with zero attached hydrogens (tertiary/aromatic N) is 1. The van der Waals surface area contributed by atoms with Crippen LogP contribution in [0.15, 0.2) is 0 Å². The fourth-order valence-corrected chi connectivity index (χ4v) is 2.71. The molecule has 0 saturated carbocycles. The molecule has 3 N–H and O–H groups in total. The smallest absolute Gasteiger partial charge is 0.326 e. The number of carbonyl (C=O) groups excluding carboxylic acids is 1. The Bertz CT molecular complexity index is 342. The van der Waals surface area contributed by atoms with E-state index in [0.717, 1.165) is 19.3 Å². The Hall–Kier alpha value is -1.10. The zero-order valence-electron chi connectivity index (χ0n) is 12.2. The monoisotopic (exact) mass is 270 g/mol. The van der Waals surface area contributed by atoms with E-state index in [1.165, 1.54) is 4.90 Å². The lowest BCUT2D eigenvalue weighted by atomic mass is 9.84. The van der Waals surface area contributed by atoms with Crippen molar-refractivity contribution >= 4 is 11.9 Å². The maximum Gasteiger partial charge on any atom is 0.326 e. The summed E-state index contributed by atoms with van der Waals surface area (Å²) in [6.07, 6.45) is 2.80. The molecule has 1 rings (SSSR count). The van der Waals surface area contributed by atoms with Gasteiger partial charge in [-0.3, -0.25) is 4.79 Å². The van der Waals surface area contributed by atoms with Crippen molar-refractivity contribution in [2.24, 2.45) is 17.1 Å². The fraction of sp³-hybridized carbons (Fsp3) is 0.857. The van der Waals surface area contributed by atoms with Crippen LogP contribution in [-0.2, 0) is 9.59 Å². The van der Waals surface area contributed by atoms with E-state index in [9.17, 15) is 14.7 Å². The van der Waals surface area contributed by atoms with Crippen LogP contribution < -0.4 is 5.73 Å². The van der Waals surface area contributed by atoms with Crippen LogP contribution in [0.3, 0.4) is 0 Å². The van der Waals surface area contributed by atoms with Crippen LogP contribution in [0, 0.1) is 11.3 Å². The van der Waals surface area contributed by atoms with Crippen LogP contribution in [0.1, 0.15) is 46.5 Å². The van der Waals surface area contributed by atoms with Crippen molar-refractivity contribution < 1.29 is 14.7 Å². The van der Waals surface area contributed by atoms with E-state index in [1.807, 2.05) is 6.92 Å². The minimum Gasteiger partial charge on any atom is -0.480 e. The number of carbonyl (C=O) groups is 2. The summed E-state index contributed by atoms with van der Waals surface area (Å²) < 4.78 is 0. The van der Waals surface area contributed by atoms with Gasteiger partial charge in [0.15, 0.2) is 0 Å². The van der Waals surface area contributed by atoms with Gasteiger partial charge in [-0.25, -0.2) is 4.79 Å². The van der Waals surface area contributed by atoms with Crippen molar-refractivity contribution in [2.45, 2.75) is 52.5 Å². The van der Waals surface area contributed by atoms with Gasteiger partial charge < -0.3 is 15.7 Å². The van der Waals surface area contributed by atoms with Crippen LogP contribution >= 0.6 is 0 Å². The van der Waals surface area contributed by atoms with Crippen LogP contribution in [0.25, 0.3) is 0 Å². The number of amides is 1. The Balaban J connectivity index is 2.56. The summed E-state index contributed by atoms with van der Waals surface area (Å²) in [5.41, 5.74) is 5.59. The van der Waals surface area contributed by atoms with Crippen molar-refractivity contribution in [1.82, 2.24) is 4.90 Å². The van der Waals surface area contributed by atoms with E-state index < -0.39 is 12.0 Å². The van der Waals surface area contributed by atoms with Gasteiger partial charge in [0.2, 0.25) is 5.91 Å². The van der Waals surface area contributed by atoms with Crippen molar-refractivity contribution in [3.8, 4) is 0 Å². The molecule has 1 amide bonds. The van der Waals surface area contributed by atoms with Gasteiger partial charge in [-0.15, -0.1) is 0 Å². The van der Waals surface area contributed by atoms with Gasteiger partial charge in [0, 0.05) is 13.0 Å². The Morgan fingerprint density at radius 1 is 1.37 bits per heavy atom. The molecule has 0 aromatic carbocycles. The standard InChI is InChI=1S/C14H26N2O3/c1-10-5-9-16(12(10)13(18)19)11(17)4-6-14(2,3)7-8-15/h10,12H,4-9,15H2,1-3H3,(H,18,19). The Kier molecular flexibility index (Phi) is 5.35. The largest absolute Gasteiger partial charge is 0.480 e. The fourth-order valence-electron chi connectivity index (χ4n) is 2.71. The molecule has 1 heterocycles. The molecule has 0 bridgehead atoms. The van der Waals surface area contributed by atoms with Crippen molar-refractivity contribution in [3.05, 3.63) is 0 Å². The second kappa shape index (κ2) is 6.37. The molecule has 0 aromatic rings. The zero-order chi connectivity index (χ0) is 14.6. The SMILES string of the molecule is CC1CCN(C(=O)CCC(C)(C)CCN)C1C(=O)O. The summed E-state index contributed by atoms with van der Waals surface area (Å²) in [5, 5.41) is 9.20. The number of nitrogens with two attached hydrogens (primary N) is 1. The van der Waals surface area contributed by atoms with E-state index in [0.29, 0.717) is 19.5 Å². The van der Waals surface area contributed by atoms with Gasteiger partial charge in [-0.05, 0) is 37.1 Å². The maximum absolute atomic E-state index is 12.2. The molecule has 1 fully saturated rings. The number of likely N-dealkylation sites (tertiary alicyclic amines) is 1. The zero-order valence-corrected chi connectivity index (χ0v) is 12.2. The van der Waals surface area contributed by atoms with Gasteiger partial charge in [-0.1, -0.05) is 20.8 Å². The topological polar surface area (TPSA) is 83.6 Å². The summed E-state index contributed by atoms with van der Waals surface area (Å²) in [7, 11) is 0. The maximum atomic E-state index is 12.2. The second-order valence-electron chi connectivity index (χ2n) is 6.34. The van der Waals surface area contributed by atoms with E-state index in [-0.39, 0.29) is 17.2 Å². The highest BCUT2D eigenvalue weighted by Crippen LogP contribution is 2.29. The number of aliphatic carboxylic acids is 1. The summed E-state index contributed by atoms with van der Waals surface area (Å²) in [6.45, 7) is 7.25. The predicted molar refractivity (Wildman–Crippen MR) is 73.6 cm³/mol. The first kappa shape index (κ1) is 16.0.